The van der Waals surface area contributed by atoms with Gasteiger partial charge in [0.25, 0.3) is 0 Å². The van der Waals surface area contributed by atoms with Gasteiger partial charge in [0.1, 0.15) is 5.75 Å². The van der Waals surface area contributed by atoms with Gasteiger partial charge in [-0.05, 0) is 81.6 Å². The summed E-state index contributed by atoms with van der Waals surface area (Å²) in [7, 11) is 0. The summed E-state index contributed by atoms with van der Waals surface area (Å²) in [6.45, 7) is 9.70. The van der Waals surface area contributed by atoms with Crippen molar-refractivity contribution in [2.45, 2.75) is 52.9 Å². The molecular formula is C32H37NO2S. The summed E-state index contributed by atoms with van der Waals surface area (Å²) in [5.74, 6) is 0.254. The van der Waals surface area contributed by atoms with Gasteiger partial charge in [0.2, 0.25) is 0 Å². The number of fused-ring (bicyclic) bond motifs is 1. The van der Waals surface area contributed by atoms with Crippen molar-refractivity contribution in [3.8, 4) is 16.2 Å². The zero-order valence-electron chi connectivity index (χ0n) is 21.7. The molecule has 4 aromatic rings. The Hall–Kier alpha value is -2.95. The van der Waals surface area contributed by atoms with Crippen molar-refractivity contribution in [1.82, 2.24) is 4.90 Å². The highest BCUT2D eigenvalue weighted by Gasteiger charge is 2.22. The molecule has 0 spiro atoms. The number of piperidine rings is 1. The van der Waals surface area contributed by atoms with Crippen LogP contribution in [0, 0.1) is 6.92 Å². The van der Waals surface area contributed by atoms with E-state index >= 15 is 0 Å². The van der Waals surface area contributed by atoms with Crippen LogP contribution in [-0.4, -0.2) is 35.4 Å². The Kier molecular flexibility index (Phi) is 8.95. The van der Waals surface area contributed by atoms with Crippen LogP contribution in [-0.2, 0) is 6.42 Å². The summed E-state index contributed by atoms with van der Waals surface area (Å²) in [6.07, 6.45) is 6.23. The Balaban J connectivity index is 0.00000148. The smallest absolute Gasteiger partial charge is 0.195 e. The van der Waals surface area contributed by atoms with Gasteiger partial charge >= 0.3 is 0 Å². The van der Waals surface area contributed by atoms with E-state index in [-0.39, 0.29) is 11.5 Å². The molecule has 0 unspecified atom stereocenters. The standard InChI is InChI=1S/C30H31NO2S.C2H6/c1-21-7-11-24(12-8-21)30-28(26-16-15-25(32)20-27(26)34-30)29(33)23-13-9-22(10-14-23)6-5-19-31-17-3-2-4-18-31;1-2/h7-16,20,32H,2-6,17-19H2,1H3;1-2H3. The summed E-state index contributed by atoms with van der Waals surface area (Å²) >= 11 is 1.56. The van der Waals surface area contributed by atoms with Crippen LogP contribution in [0.2, 0.25) is 0 Å². The van der Waals surface area contributed by atoms with Crippen LogP contribution in [0.1, 0.15) is 66.6 Å². The first-order valence-electron chi connectivity index (χ1n) is 13.3. The molecule has 36 heavy (non-hydrogen) atoms. The van der Waals surface area contributed by atoms with Crippen LogP contribution >= 0.6 is 11.3 Å². The fourth-order valence-corrected chi connectivity index (χ4v) is 6.11. The van der Waals surface area contributed by atoms with Crippen molar-refractivity contribution in [2.24, 2.45) is 0 Å². The molecule has 188 valence electrons. The van der Waals surface area contributed by atoms with Crippen molar-refractivity contribution < 1.29 is 9.90 Å². The van der Waals surface area contributed by atoms with Gasteiger partial charge in [-0.25, -0.2) is 0 Å². The third-order valence-electron chi connectivity index (χ3n) is 6.82. The van der Waals surface area contributed by atoms with Crippen LogP contribution in [0.3, 0.4) is 0 Å². The minimum absolute atomic E-state index is 0.0346. The molecule has 1 aromatic heterocycles. The van der Waals surface area contributed by atoms with Gasteiger partial charge in [0, 0.05) is 26.1 Å². The summed E-state index contributed by atoms with van der Waals surface area (Å²) in [5.41, 5.74) is 4.94. The number of thiophene rings is 1. The molecule has 1 fully saturated rings. The third kappa shape index (κ3) is 6.05. The molecule has 1 saturated heterocycles. The van der Waals surface area contributed by atoms with Gasteiger partial charge in [0.15, 0.2) is 5.78 Å². The number of phenols is 1. The molecule has 2 heterocycles. The monoisotopic (exact) mass is 499 g/mol. The molecule has 0 amide bonds. The van der Waals surface area contributed by atoms with E-state index in [0.29, 0.717) is 5.56 Å². The molecule has 4 heteroatoms. The van der Waals surface area contributed by atoms with Crippen LogP contribution in [0.15, 0.2) is 66.7 Å². The average molecular weight is 500 g/mol. The lowest BCUT2D eigenvalue weighted by Crippen LogP contribution is -2.30. The van der Waals surface area contributed by atoms with Crippen molar-refractivity contribution in [3.63, 3.8) is 0 Å². The second-order valence-electron chi connectivity index (χ2n) is 9.38. The Labute approximate surface area is 219 Å². The number of benzene rings is 3. The van der Waals surface area contributed by atoms with Gasteiger partial charge in [-0.15, -0.1) is 11.3 Å². The molecule has 1 aliphatic rings. The zero-order valence-corrected chi connectivity index (χ0v) is 22.5. The number of aryl methyl sites for hydroxylation is 2. The van der Waals surface area contributed by atoms with Gasteiger partial charge in [-0.1, -0.05) is 74.4 Å². The largest absolute Gasteiger partial charge is 0.508 e. The van der Waals surface area contributed by atoms with E-state index < -0.39 is 0 Å². The predicted octanol–water partition coefficient (Wildman–Crippen LogP) is 8.26. The number of ketones is 1. The van der Waals surface area contributed by atoms with Crippen LogP contribution in [0.5, 0.6) is 5.75 Å². The van der Waals surface area contributed by atoms with E-state index in [1.165, 1.54) is 43.5 Å². The lowest BCUT2D eigenvalue weighted by atomic mass is 9.96. The summed E-state index contributed by atoms with van der Waals surface area (Å²) in [4.78, 5) is 17.3. The Morgan fingerprint density at radius 2 is 1.61 bits per heavy atom. The first kappa shape index (κ1) is 26.1. The minimum Gasteiger partial charge on any atom is -0.508 e. The van der Waals surface area contributed by atoms with Crippen molar-refractivity contribution in [3.05, 3.63) is 89.0 Å². The molecular weight excluding hydrogens is 462 g/mol. The first-order chi connectivity index (χ1) is 17.6. The van der Waals surface area contributed by atoms with Gasteiger partial charge in [0.05, 0.1) is 0 Å². The second-order valence-corrected chi connectivity index (χ2v) is 10.4. The van der Waals surface area contributed by atoms with E-state index in [1.54, 1.807) is 23.5 Å². The van der Waals surface area contributed by atoms with E-state index in [1.807, 2.05) is 32.0 Å². The number of carbonyl (C=O) groups excluding carboxylic acids is 1. The third-order valence-corrected chi connectivity index (χ3v) is 8.02. The van der Waals surface area contributed by atoms with E-state index in [0.717, 1.165) is 45.5 Å². The Morgan fingerprint density at radius 1 is 0.917 bits per heavy atom. The van der Waals surface area contributed by atoms with E-state index in [9.17, 15) is 9.90 Å². The summed E-state index contributed by atoms with van der Waals surface area (Å²) < 4.78 is 0.924. The number of carbonyl (C=O) groups is 1. The molecule has 0 radical (unpaired) electrons. The quantitative estimate of drug-likeness (QED) is 0.260. The molecule has 0 atom stereocenters. The topological polar surface area (TPSA) is 40.5 Å². The number of nitrogens with zero attached hydrogens (tertiary/aromatic N) is 1. The lowest BCUT2D eigenvalue weighted by Gasteiger charge is -2.26. The summed E-state index contributed by atoms with van der Waals surface area (Å²) in [6, 6.07) is 21.7. The number of aromatic hydroxyl groups is 1. The fourth-order valence-electron chi connectivity index (χ4n) is 4.88. The Bertz CT molecular complexity index is 1280. The maximum atomic E-state index is 13.7. The van der Waals surface area contributed by atoms with Crippen molar-refractivity contribution in [1.29, 1.82) is 0 Å². The first-order valence-corrected chi connectivity index (χ1v) is 14.1. The van der Waals surface area contributed by atoms with E-state index in [2.05, 4.69) is 48.2 Å². The summed E-state index contributed by atoms with van der Waals surface area (Å²) in [5, 5.41) is 10.9. The van der Waals surface area contributed by atoms with Crippen LogP contribution in [0.4, 0.5) is 0 Å². The molecule has 1 aliphatic heterocycles. The molecule has 0 bridgehead atoms. The predicted molar refractivity (Wildman–Crippen MR) is 153 cm³/mol. The maximum absolute atomic E-state index is 13.7. The number of rotatable bonds is 7. The number of phenolic OH excluding ortho intramolecular Hbond substituents is 1. The zero-order chi connectivity index (χ0) is 25.5. The molecule has 3 aromatic carbocycles. The molecule has 0 saturated carbocycles. The van der Waals surface area contributed by atoms with Gasteiger partial charge < -0.3 is 10.0 Å². The van der Waals surface area contributed by atoms with Gasteiger partial charge in [-0.2, -0.15) is 0 Å². The highest BCUT2D eigenvalue weighted by Crippen LogP contribution is 2.41. The molecule has 1 N–H and O–H groups in total. The minimum atomic E-state index is 0.0346. The van der Waals surface area contributed by atoms with E-state index in [4.69, 9.17) is 0 Å². The second kappa shape index (κ2) is 12.3. The highest BCUT2D eigenvalue weighted by atomic mass is 32.1. The molecule has 3 nitrogen and oxygen atoms in total. The fraction of sp³-hybridized carbons (Fsp3) is 0.344. The Morgan fingerprint density at radius 3 is 2.31 bits per heavy atom. The maximum Gasteiger partial charge on any atom is 0.195 e. The molecule has 5 rings (SSSR count). The number of hydrogen-bond donors (Lipinski definition) is 1. The normalized spacial score (nSPS) is 13.9. The van der Waals surface area contributed by atoms with Gasteiger partial charge in [-0.3, -0.25) is 4.79 Å². The SMILES string of the molecule is CC.Cc1ccc(-c2sc3cc(O)ccc3c2C(=O)c2ccc(CCCN3CCCCC3)cc2)cc1. The highest BCUT2D eigenvalue weighted by molar-refractivity contribution is 7.22. The number of hydrogen-bond acceptors (Lipinski definition) is 4. The van der Waals surface area contributed by atoms with Crippen molar-refractivity contribution in [2.75, 3.05) is 19.6 Å². The van der Waals surface area contributed by atoms with Crippen LogP contribution in [0.25, 0.3) is 20.5 Å². The molecule has 0 aliphatic carbocycles. The van der Waals surface area contributed by atoms with Crippen molar-refractivity contribution >= 4 is 27.2 Å². The average Bonchev–Trinajstić information content (AvgIpc) is 3.29. The number of likely N-dealkylation sites (tertiary alicyclic amines) is 1. The van der Waals surface area contributed by atoms with Crippen LogP contribution < -0.4 is 0 Å². The lowest BCUT2D eigenvalue weighted by molar-refractivity contribution is 0.104.